The van der Waals surface area contributed by atoms with Gasteiger partial charge in [0.25, 0.3) is 5.91 Å². The van der Waals surface area contributed by atoms with Gasteiger partial charge in [0.1, 0.15) is 11.5 Å². The molecule has 172 valence electrons. The van der Waals surface area contributed by atoms with Gasteiger partial charge in [0, 0.05) is 30.9 Å². The number of hydrogen-bond acceptors (Lipinski definition) is 4. The quantitative estimate of drug-likeness (QED) is 0.669. The molecule has 1 aromatic heterocycles. The number of nitrogens with one attached hydrogen (secondary N) is 2. The number of hydrogen-bond donors (Lipinski definition) is 2. The fraction of sp³-hybridized carbons (Fsp3) is 0.458. The molecule has 1 aliphatic heterocycles. The van der Waals surface area contributed by atoms with E-state index in [9.17, 15) is 18.8 Å². The van der Waals surface area contributed by atoms with Crippen LogP contribution in [0.25, 0.3) is 0 Å². The molecule has 1 saturated heterocycles. The first-order valence-corrected chi connectivity index (χ1v) is 10.9. The highest BCUT2D eigenvalue weighted by Gasteiger charge is 2.32. The Morgan fingerprint density at radius 2 is 1.97 bits per heavy atom. The molecule has 1 aromatic carbocycles. The monoisotopic (exact) mass is 443 g/mol. The second-order valence-electron chi connectivity index (χ2n) is 8.48. The van der Waals surface area contributed by atoms with Crippen molar-refractivity contribution in [2.75, 3.05) is 13.1 Å². The van der Waals surface area contributed by atoms with Gasteiger partial charge in [0.2, 0.25) is 5.91 Å². The zero-order valence-electron chi connectivity index (χ0n) is 19.0. The lowest BCUT2D eigenvalue weighted by atomic mass is 9.96. The molecule has 0 aliphatic carbocycles. The van der Waals surface area contributed by atoms with Crippen molar-refractivity contribution in [3.8, 4) is 0 Å². The summed E-state index contributed by atoms with van der Waals surface area (Å²) in [6.07, 6.45) is 1.08. The van der Waals surface area contributed by atoms with E-state index in [1.54, 1.807) is 50.8 Å². The number of benzene rings is 1. The van der Waals surface area contributed by atoms with Crippen LogP contribution in [0.4, 0.5) is 4.39 Å². The van der Waals surface area contributed by atoms with Crippen molar-refractivity contribution in [3.05, 3.63) is 58.2 Å². The van der Waals surface area contributed by atoms with Crippen molar-refractivity contribution < 1.29 is 23.5 Å². The molecule has 2 aromatic rings. The van der Waals surface area contributed by atoms with E-state index in [-0.39, 0.29) is 42.7 Å². The smallest absolute Gasteiger partial charge is 0.340 e. The zero-order chi connectivity index (χ0) is 23.4. The number of ether oxygens (including phenoxy) is 1. The third kappa shape index (κ3) is 5.18. The van der Waals surface area contributed by atoms with E-state index in [2.05, 4.69) is 10.3 Å². The van der Waals surface area contributed by atoms with E-state index < -0.39 is 5.97 Å². The highest BCUT2D eigenvalue weighted by Crippen LogP contribution is 2.24. The number of piperidine rings is 1. The summed E-state index contributed by atoms with van der Waals surface area (Å²) in [4.78, 5) is 42.9. The third-order valence-corrected chi connectivity index (χ3v) is 5.69. The SMILES string of the molecule is Cc1[nH]c(C(=O)N2CCCC(C(=O)NCc3ccccc3F)C2)c(C)c1C(=O)OC(C)C. The maximum absolute atomic E-state index is 13.8. The summed E-state index contributed by atoms with van der Waals surface area (Å²) in [5, 5.41) is 2.78. The summed E-state index contributed by atoms with van der Waals surface area (Å²) in [6, 6.07) is 6.31. The van der Waals surface area contributed by atoms with Gasteiger partial charge in [0.15, 0.2) is 0 Å². The van der Waals surface area contributed by atoms with Crippen LogP contribution in [0.5, 0.6) is 0 Å². The number of nitrogens with zero attached hydrogens (tertiary/aromatic N) is 1. The van der Waals surface area contributed by atoms with Gasteiger partial charge in [0.05, 0.1) is 17.6 Å². The van der Waals surface area contributed by atoms with Crippen molar-refractivity contribution in [1.29, 1.82) is 0 Å². The van der Waals surface area contributed by atoms with E-state index in [0.29, 0.717) is 47.5 Å². The lowest BCUT2D eigenvalue weighted by Crippen LogP contribution is -2.45. The largest absolute Gasteiger partial charge is 0.459 e. The average molecular weight is 444 g/mol. The van der Waals surface area contributed by atoms with Crippen LogP contribution >= 0.6 is 0 Å². The van der Waals surface area contributed by atoms with Crippen molar-refractivity contribution in [2.24, 2.45) is 5.92 Å². The number of aromatic nitrogens is 1. The highest BCUT2D eigenvalue weighted by molar-refractivity contribution is 6.00. The summed E-state index contributed by atoms with van der Waals surface area (Å²) in [7, 11) is 0. The molecule has 0 radical (unpaired) electrons. The van der Waals surface area contributed by atoms with Crippen molar-refractivity contribution in [2.45, 2.75) is 53.2 Å². The molecule has 0 saturated carbocycles. The van der Waals surface area contributed by atoms with E-state index in [1.165, 1.54) is 6.07 Å². The highest BCUT2D eigenvalue weighted by atomic mass is 19.1. The molecule has 7 nitrogen and oxygen atoms in total. The molecule has 32 heavy (non-hydrogen) atoms. The van der Waals surface area contributed by atoms with Crippen LogP contribution in [0.15, 0.2) is 24.3 Å². The Bertz CT molecular complexity index is 1010. The second-order valence-corrected chi connectivity index (χ2v) is 8.48. The summed E-state index contributed by atoms with van der Waals surface area (Å²) >= 11 is 0. The fourth-order valence-corrected chi connectivity index (χ4v) is 4.05. The number of carbonyl (C=O) groups is 3. The first-order valence-electron chi connectivity index (χ1n) is 10.9. The number of aromatic amines is 1. The molecule has 1 fully saturated rings. The maximum Gasteiger partial charge on any atom is 0.340 e. The number of rotatable bonds is 6. The first kappa shape index (κ1) is 23.5. The van der Waals surface area contributed by atoms with Crippen LogP contribution in [-0.2, 0) is 16.1 Å². The normalized spacial score (nSPS) is 16.2. The molecule has 1 unspecified atom stereocenters. The number of amides is 2. The van der Waals surface area contributed by atoms with Crippen LogP contribution in [-0.4, -0.2) is 46.9 Å². The molecule has 2 amide bonds. The van der Waals surface area contributed by atoms with E-state index >= 15 is 0 Å². The van der Waals surface area contributed by atoms with E-state index in [1.807, 2.05) is 0 Å². The fourth-order valence-electron chi connectivity index (χ4n) is 4.05. The van der Waals surface area contributed by atoms with Gasteiger partial charge >= 0.3 is 5.97 Å². The molecule has 1 atom stereocenters. The number of likely N-dealkylation sites (tertiary alicyclic amines) is 1. The predicted octanol–water partition coefficient (Wildman–Crippen LogP) is 3.50. The zero-order valence-corrected chi connectivity index (χ0v) is 19.0. The first-order chi connectivity index (χ1) is 15.2. The topological polar surface area (TPSA) is 91.5 Å². The number of esters is 1. The minimum atomic E-state index is -0.464. The van der Waals surface area contributed by atoms with Crippen LogP contribution < -0.4 is 5.32 Å². The number of carbonyl (C=O) groups excluding carboxylic acids is 3. The van der Waals surface area contributed by atoms with Gasteiger partial charge in [-0.3, -0.25) is 9.59 Å². The van der Waals surface area contributed by atoms with Crippen molar-refractivity contribution in [1.82, 2.24) is 15.2 Å². The average Bonchev–Trinajstić information content (AvgIpc) is 3.06. The Morgan fingerprint density at radius 1 is 1.25 bits per heavy atom. The standard InChI is InChI=1S/C24H30FN3O4/c1-14(2)32-24(31)20-15(3)21(27-16(20)4)23(30)28-11-7-9-18(13-28)22(29)26-12-17-8-5-6-10-19(17)25/h5-6,8,10,14,18,27H,7,9,11-13H2,1-4H3,(H,26,29). The Kier molecular flexibility index (Phi) is 7.33. The molecule has 2 heterocycles. The van der Waals surface area contributed by atoms with E-state index in [0.717, 1.165) is 0 Å². The molecular weight excluding hydrogens is 413 g/mol. The summed E-state index contributed by atoms with van der Waals surface area (Å²) in [5.41, 5.74) is 2.25. The Morgan fingerprint density at radius 3 is 2.66 bits per heavy atom. The van der Waals surface area contributed by atoms with Gasteiger partial charge in [-0.2, -0.15) is 0 Å². The summed E-state index contributed by atoms with van der Waals surface area (Å²) in [5.74, 6) is -1.65. The maximum atomic E-state index is 13.8. The van der Waals surface area contributed by atoms with Gasteiger partial charge < -0.3 is 19.9 Å². The molecule has 1 aliphatic rings. The molecule has 0 bridgehead atoms. The van der Waals surface area contributed by atoms with Crippen molar-refractivity contribution in [3.63, 3.8) is 0 Å². The van der Waals surface area contributed by atoms with Gasteiger partial charge in [-0.15, -0.1) is 0 Å². The molecule has 3 rings (SSSR count). The Hall–Kier alpha value is -3.16. The van der Waals surface area contributed by atoms with Crippen LogP contribution in [0.3, 0.4) is 0 Å². The molecular formula is C24H30FN3O4. The number of halogens is 1. The third-order valence-electron chi connectivity index (χ3n) is 5.69. The number of H-pyrrole nitrogens is 1. The van der Waals surface area contributed by atoms with Crippen LogP contribution in [0, 0.1) is 25.6 Å². The lowest BCUT2D eigenvalue weighted by Gasteiger charge is -2.32. The molecule has 8 heteroatoms. The lowest BCUT2D eigenvalue weighted by molar-refractivity contribution is -0.126. The minimum Gasteiger partial charge on any atom is -0.459 e. The predicted molar refractivity (Wildman–Crippen MR) is 118 cm³/mol. The van der Waals surface area contributed by atoms with Crippen LogP contribution in [0.2, 0.25) is 0 Å². The van der Waals surface area contributed by atoms with Gasteiger partial charge in [-0.05, 0) is 52.2 Å². The van der Waals surface area contributed by atoms with Gasteiger partial charge in [-0.1, -0.05) is 18.2 Å². The van der Waals surface area contributed by atoms with E-state index in [4.69, 9.17) is 4.74 Å². The second kappa shape index (κ2) is 9.97. The molecule has 0 spiro atoms. The molecule has 2 N–H and O–H groups in total. The Labute approximate surface area is 187 Å². The number of aryl methyl sites for hydroxylation is 1. The minimum absolute atomic E-state index is 0.103. The van der Waals surface area contributed by atoms with Crippen molar-refractivity contribution >= 4 is 17.8 Å². The van der Waals surface area contributed by atoms with Crippen LogP contribution in [0.1, 0.15) is 64.4 Å². The summed E-state index contributed by atoms with van der Waals surface area (Å²) < 4.78 is 19.1. The van der Waals surface area contributed by atoms with Gasteiger partial charge in [-0.25, -0.2) is 9.18 Å². The summed E-state index contributed by atoms with van der Waals surface area (Å²) in [6.45, 7) is 7.89. The Balaban J connectivity index is 1.67.